The minimum absolute atomic E-state index is 0.0163. The Morgan fingerprint density at radius 1 is 0.400 bits per heavy atom. The van der Waals surface area contributed by atoms with E-state index in [4.69, 9.17) is 0 Å². The highest BCUT2D eigenvalue weighted by Gasteiger charge is 2.35. The van der Waals surface area contributed by atoms with Crippen LogP contribution in [0.4, 0.5) is 0 Å². The molecule has 0 N–H and O–H groups in total. The van der Waals surface area contributed by atoms with Crippen molar-refractivity contribution >= 4 is 21.5 Å². The van der Waals surface area contributed by atoms with Crippen molar-refractivity contribution in [3.63, 3.8) is 0 Å². The van der Waals surface area contributed by atoms with E-state index in [1.54, 1.807) is 0 Å². The van der Waals surface area contributed by atoms with E-state index in [2.05, 4.69) is 135 Å². The predicted octanol–water partition coefficient (Wildman–Crippen LogP) is 9.63. The topological polar surface area (TPSA) is 0 Å². The molecule has 0 saturated heterocycles. The lowest BCUT2D eigenvalue weighted by Gasteiger charge is -2.23. The third-order valence-corrected chi connectivity index (χ3v) is 7.87. The lowest BCUT2D eigenvalue weighted by molar-refractivity contribution is 0.660. The first-order chi connectivity index (χ1) is 17.1. The van der Waals surface area contributed by atoms with E-state index < -0.39 is 0 Å². The van der Waals surface area contributed by atoms with Gasteiger partial charge in [-0.25, -0.2) is 0 Å². The van der Waals surface area contributed by atoms with Crippen LogP contribution < -0.4 is 0 Å². The lowest BCUT2D eigenvalue weighted by atomic mass is 9.80. The Balaban J connectivity index is 1.57. The SMILES string of the molecule is CC1(C)c2ccccc2-c2ccc(-c3c4ccccc4c(-c4ccccc4)c4ccccc34)cc21. The van der Waals surface area contributed by atoms with Crippen LogP contribution in [0.5, 0.6) is 0 Å². The van der Waals surface area contributed by atoms with E-state index in [0.717, 1.165) is 0 Å². The highest BCUT2D eigenvalue weighted by molar-refractivity contribution is 6.21. The molecule has 0 saturated carbocycles. The molecule has 0 aromatic heterocycles. The molecule has 1 aliphatic carbocycles. The lowest BCUT2D eigenvalue weighted by Crippen LogP contribution is -2.14. The highest BCUT2D eigenvalue weighted by Crippen LogP contribution is 2.51. The quantitative estimate of drug-likeness (QED) is 0.232. The van der Waals surface area contributed by atoms with Gasteiger partial charge in [0.2, 0.25) is 0 Å². The van der Waals surface area contributed by atoms with Gasteiger partial charge in [0.05, 0.1) is 0 Å². The molecule has 35 heavy (non-hydrogen) atoms. The Hall–Kier alpha value is -4.16. The smallest absolute Gasteiger partial charge is 0.0159 e. The van der Waals surface area contributed by atoms with Crippen LogP contribution in [0.15, 0.2) is 121 Å². The summed E-state index contributed by atoms with van der Waals surface area (Å²) in [4.78, 5) is 0. The third kappa shape index (κ3) is 2.87. The Labute approximate surface area is 206 Å². The molecule has 6 aromatic rings. The fourth-order valence-corrected chi connectivity index (χ4v) is 6.22. The van der Waals surface area contributed by atoms with Crippen LogP contribution in [0.3, 0.4) is 0 Å². The molecule has 166 valence electrons. The first-order valence-corrected chi connectivity index (χ1v) is 12.4. The number of hydrogen-bond donors (Lipinski definition) is 0. The zero-order valence-corrected chi connectivity index (χ0v) is 20.0. The molecule has 0 bridgehead atoms. The van der Waals surface area contributed by atoms with Crippen LogP contribution in [-0.2, 0) is 5.41 Å². The summed E-state index contributed by atoms with van der Waals surface area (Å²) in [6.07, 6.45) is 0. The normalized spacial score (nSPS) is 13.7. The molecular weight excluding hydrogens is 420 g/mol. The molecule has 6 aromatic carbocycles. The van der Waals surface area contributed by atoms with Crippen molar-refractivity contribution in [3.8, 4) is 33.4 Å². The maximum Gasteiger partial charge on any atom is 0.0159 e. The largest absolute Gasteiger partial charge is 0.0622 e. The second-order valence-corrected chi connectivity index (χ2v) is 10.1. The molecule has 0 amide bonds. The molecule has 0 heterocycles. The van der Waals surface area contributed by atoms with Crippen molar-refractivity contribution in [2.24, 2.45) is 0 Å². The van der Waals surface area contributed by atoms with Crippen molar-refractivity contribution < 1.29 is 0 Å². The number of benzene rings is 6. The van der Waals surface area contributed by atoms with Gasteiger partial charge in [0.25, 0.3) is 0 Å². The third-order valence-electron chi connectivity index (χ3n) is 7.87. The van der Waals surface area contributed by atoms with Crippen molar-refractivity contribution in [1.82, 2.24) is 0 Å². The van der Waals surface area contributed by atoms with E-state index in [9.17, 15) is 0 Å². The molecule has 0 atom stereocenters. The monoisotopic (exact) mass is 446 g/mol. The van der Waals surface area contributed by atoms with Crippen LogP contribution >= 0.6 is 0 Å². The number of fused-ring (bicyclic) bond motifs is 5. The minimum atomic E-state index is -0.0163. The van der Waals surface area contributed by atoms with Gasteiger partial charge >= 0.3 is 0 Å². The van der Waals surface area contributed by atoms with Gasteiger partial charge in [0, 0.05) is 5.41 Å². The van der Waals surface area contributed by atoms with Crippen LogP contribution in [-0.4, -0.2) is 0 Å². The Bertz CT molecular complexity index is 1700. The van der Waals surface area contributed by atoms with Crippen LogP contribution in [0.2, 0.25) is 0 Å². The predicted molar refractivity (Wildman–Crippen MR) is 150 cm³/mol. The van der Waals surface area contributed by atoms with E-state index in [-0.39, 0.29) is 5.41 Å². The van der Waals surface area contributed by atoms with Crippen molar-refractivity contribution in [2.75, 3.05) is 0 Å². The van der Waals surface area contributed by atoms with Gasteiger partial charge in [0.15, 0.2) is 0 Å². The summed E-state index contributed by atoms with van der Waals surface area (Å²) in [5.74, 6) is 0. The van der Waals surface area contributed by atoms with Gasteiger partial charge in [-0.05, 0) is 72.1 Å². The van der Waals surface area contributed by atoms with Crippen LogP contribution in [0.1, 0.15) is 25.0 Å². The molecule has 0 radical (unpaired) electrons. The summed E-state index contributed by atoms with van der Waals surface area (Å²) in [6, 6.07) is 44.6. The second-order valence-electron chi connectivity index (χ2n) is 10.1. The van der Waals surface area contributed by atoms with E-state index >= 15 is 0 Å². The molecule has 1 aliphatic rings. The maximum atomic E-state index is 2.45. The van der Waals surface area contributed by atoms with Crippen molar-refractivity contribution in [1.29, 1.82) is 0 Å². The Kier molecular flexibility index (Phi) is 4.29. The van der Waals surface area contributed by atoms with Gasteiger partial charge in [0.1, 0.15) is 0 Å². The van der Waals surface area contributed by atoms with Gasteiger partial charge < -0.3 is 0 Å². The average Bonchev–Trinajstić information content (AvgIpc) is 3.14. The molecule has 0 fully saturated rings. The summed E-state index contributed by atoms with van der Waals surface area (Å²) in [5, 5.41) is 5.21. The summed E-state index contributed by atoms with van der Waals surface area (Å²) < 4.78 is 0. The minimum Gasteiger partial charge on any atom is -0.0622 e. The Morgan fingerprint density at radius 3 is 1.51 bits per heavy atom. The molecule has 0 nitrogen and oxygen atoms in total. The molecular formula is C35H26. The summed E-state index contributed by atoms with van der Waals surface area (Å²) in [5.41, 5.74) is 10.7. The van der Waals surface area contributed by atoms with E-state index in [0.29, 0.717) is 0 Å². The molecule has 0 heteroatoms. The maximum absolute atomic E-state index is 2.45. The average molecular weight is 447 g/mol. The summed E-state index contributed by atoms with van der Waals surface area (Å²) >= 11 is 0. The Morgan fingerprint density at radius 2 is 0.886 bits per heavy atom. The zero-order chi connectivity index (χ0) is 23.6. The van der Waals surface area contributed by atoms with Crippen molar-refractivity contribution in [3.05, 3.63) is 132 Å². The fraction of sp³-hybridized carbons (Fsp3) is 0.0857. The van der Waals surface area contributed by atoms with Crippen LogP contribution in [0, 0.1) is 0 Å². The van der Waals surface area contributed by atoms with Gasteiger partial charge in [-0.15, -0.1) is 0 Å². The highest BCUT2D eigenvalue weighted by atomic mass is 14.4. The van der Waals surface area contributed by atoms with Gasteiger partial charge in [-0.1, -0.05) is 129 Å². The molecule has 0 spiro atoms. The standard InChI is InChI=1S/C35H26/c1-35(2)31-19-11-10-14-25(31)26-21-20-24(22-32(26)35)34-29-17-8-6-15-27(29)33(23-12-4-3-5-13-23)28-16-7-9-18-30(28)34/h3-22H,1-2H3. The number of hydrogen-bond acceptors (Lipinski definition) is 0. The second kappa shape index (κ2) is 7.42. The molecule has 0 unspecified atom stereocenters. The van der Waals surface area contributed by atoms with Crippen LogP contribution in [0.25, 0.3) is 54.9 Å². The zero-order valence-electron chi connectivity index (χ0n) is 20.0. The van der Waals surface area contributed by atoms with Gasteiger partial charge in [-0.2, -0.15) is 0 Å². The first-order valence-electron chi connectivity index (χ1n) is 12.4. The number of rotatable bonds is 2. The fourth-order valence-electron chi connectivity index (χ4n) is 6.22. The van der Waals surface area contributed by atoms with E-state index in [1.165, 1.54) is 66.1 Å². The van der Waals surface area contributed by atoms with Gasteiger partial charge in [-0.3, -0.25) is 0 Å². The summed E-state index contributed by atoms with van der Waals surface area (Å²) in [7, 11) is 0. The van der Waals surface area contributed by atoms with E-state index in [1.807, 2.05) is 0 Å². The first kappa shape index (κ1) is 20.2. The molecule has 0 aliphatic heterocycles. The van der Waals surface area contributed by atoms with Crippen molar-refractivity contribution in [2.45, 2.75) is 19.3 Å². The summed E-state index contributed by atoms with van der Waals surface area (Å²) in [6.45, 7) is 4.71. The molecule has 7 rings (SSSR count).